The number of benzene rings is 1. The number of ether oxygens (including phenoxy) is 1. The minimum Gasteiger partial charge on any atom is -0.469 e. The first-order valence-corrected chi connectivity index (χ1v) is 9.50. The summed E-state index contributed by atoms with van der Waals surface area (Å²) < 4.78 is 5.11. The predicted octanol–water partition coefficient (Wildman–Crippen LogP) is 3.85. The molecule has 3 rings (SSSR count). The van der Waals surface area contributed by atoms with E-state index in [2.05, 4.69) is 27.7 Å². The molecule has 1 aromatic rings. The molecule has 0 saturated heterocycles. The molecule has 2 aliphatic carbocycles. The van der Waals surface area contributed by atoms with Gasteiger partial charge in [0.1, 0.15) is 6.10 Å². The van der Waals surface area contributed by atoms with Crippen LogP contribution in [-0.2, 0) is 14.9 Å². The van der Waals surface area contributed by atoms with E-state index < -0.39 is 11.5 Å². The second-order valence-corrected chi connectivity index (χ2v) is 9.13. The molecule has 0 spiro atoms. The Hall–Kier alpha value is -1.68. The first kappa shape index (κ1) is 19.1. The molecule has 3 unspecified atom stereocenters. The lowest BCUT2D eigenvalue weighted by Crippen LogP contribution is -2.61. The summed E-state index contributed by atoms with van der Waals surface area (Å²) in [5.74, 6) is -0.873. The van der Waals surface area contributed by atoms with E-state index in [-0.39, 0.29) is 34.9 Å². The molecule has 1 aromatic carbocycles. The van der Waals surface area contributed by atoms with Gasteiger partial charge in [-0.2, -0.15) is 0 Å². The van der Waals surface area contributed by atoms with Gasteiger partial charge in [0.2, 0.25) is 0 Å². The molecule has 1 N–H and O–H groups in total. The van der Waals surface area contributed by atoms with Gasteiger partial charge < -0.3 is 9.84 Å². The molecule has 4 atom stereocenters. The number of fused-ring (bicyclic) bond motifs is 3. The van der Waals surface area contributed by atoms with Gasteiger partial charge in [0.15, 0.2) is 5.78 Å². The van der Waals surface area contributed by atoms with Gasteiger partial charge in [-0.25, -0.2) is 0 Å². The van der Waals surface area contributed by atoms with E-state index in [4.69, 9.17) is 4.74 Å². The lowest BCUT2D eigenvalue weighted by atomic mass is 9.45. The summed E-state index contributed by atoms with van der Waals surface area (Å²) in [6, 6.07) is 5.95. The minimum absolute atomic E-state index is 0.219. The summed E-state index contributed by atoms with van der Waals surface area (Å²) >= 11 is 0. The molecular weight excluding hydrogens is 328 g/mol. The van der Waals surface area contributed by atoms with Crippen molar-refractivity contribution in [2.24, 2.45) is 17.3 Å². The molecule has 142 valence electrons. The van der Waals surface area contributed by atoms with E-state index in [0.717, 1.165) is 17.5 Å². The number of ketones is 1. The Kier molecular flexibility index (Phi) is 4.55. The van der Waals surface area contributed by atoms with Crippen LogP contribution in [0.5, 0.6) is 0 Å². The largest absolute Gasteiger partial charge is 0.469 e. The van der Waals surface area contributed by atoms with E-state index >= 15 is 0 Å². The number of rotatable bonds is 2. The van der Waals surface area contributed by atoms with Gasteiger partial charge in [0, 0.05) is 16.9 Å². The topological polar surface area (TPSA) is 63.6 Å². The fourth-order valence-electron chi connectivity index (χ4n) is 5.52. The average Bonchev–Trinajstić information content (AvgIpc) is 2.58. The molecule has 4 nitrogen and oxygen atoms in total. The summed E-state index contributed by atoms with van der Waals surface area (Å²) in [6.45, 7) is 10.4. The molecule has 1 saturated carbocycles. The first-order chi connectivity index (χ1) is 12.1. The smallest absolute Gasteiger partial charge is 0.309 e. The van der Waals surface area contributed by atoms with Gasteiger partial charge in [-0.15, -0.1) is 0 Å². The number of methoxy groups -OCH3 is 1. The maximum atomic E-state index is 13.1. The molecular formula is C22H30O4. The van der Waals surface area contributed by atoms with Crippen molar-refractivity contribution >= 4 is 11.8 Å². The van der Waals surface area contributed by atoms with E-state index in [1.807, 2.05) is 25.1 Å². The van der Waals surface area contributed by atoms with Crippen LogP contribution in [0.2, 0.25) is 0 Å². The van der Waals surface area contributed by atoms with E-state index in [0.29, 0.717) is 12.0 Å². The number of carbonyl (C=O) groups excluding carboxylic acids is 2. The van der Waals surface area contributed by atoms with Crippen molar-refractivity contribution in [3.63, 3.8) is 0 Å². The fourth-order valence-corrected chi connectivity index (χ4v) is 5.52. The zero-order chi connectivity index (χ0) is 19.4. The number of hydrogen-bond donors (Lipinski definition) is 1. The van der Waals surface area contributed by atoms with Crippen LogP contribution < -0.4 is 0 Å². The van der Waals surface area contributed by atoms with Crippen molar-refractivity contribution < 1.29 is 19.4 Å². The number of Topliss-reactive ketones (excluding diaryl/α,β-unsaturated/α-hetero) is 1. The molecule has 0 aliphatic heterocycles. The van der Waals surface area contributed by atoms with Crippen LogP contribution in [0.1, 0.15) is 74.9 Å². The van der Waals surface area contributed by atoms with Crippen LogP contribution in [0.15, 0.2) is 18.2 Å². The van der Waals surface area contributed by atoms with Crippen molar-refractivity contribution in [1.29, 1.82) is 0 Å². The number of hydrogen-bond acceptors (Lipinski definition) is 4. The maximum Gasteiger partial charge on any atom is 0.309 e. The number of aliphatic hydroxyl groups is 1. The van der Waals surface area contributed by atoms with Crippen molar-refractivity contribution in [3.05, 3.63) is 34.9 Å². The maximum absolute atomic E-state index is 13.1. The van der Waals surface area contributed by atoms with E-state index in [1.54, 1.807) is 0 Å². The van der Waals surface area contributed by atoms with E-state index in [9.17, 15) is 14.7 Å². The lowest BCUT2D eigenvalue weighted by molar-refractivity contribution is -0.157. The first-order valence-electron chi connectivity index (χ1n) is 9.50. The highest BCUT2D eigenvalue weighted by Gasteiger charge is 2.62. The summed E-state index contributed by atoms with van der Waals surface area (Å²) in [5.41, 5.74) is 1.63. The highest BCUT2D eigenvalue weighted by atomic mass is 16.5. The Bertz CT molecular complexity index is 749. The molecule has 0 radical (unpaired) electrons. The SMILES string of the molecule is COC(=O)C1CCC(C)(C)C2C(O)C(=O)c3cc(C(C)C)ccc3[C@@]12C. The Balaban J connectivity index is 2.28. The van der Waals surface area contributed by atoms with Gasteiger partial charge in [0.25, 0.3) is 0 Å². The van der Waals surface area contributed by atoms with Crippen molar-refractivity contribution in [2.75, 3.05) is 7.11 Å². The normalized spacial score (nSPS) is 32.8. The van der Waals surface area contributed by atoms with Crippen molar-refractivity contribution in [3.8, 4) is 0 Å². The molecule has 0 bridgehead atoms. The van der Waals surface area contributed by atoms with Crippen LogP contribution in [0.4, 0.5) is 0 Å². The monoisotopic (exact) mass is 358 g/mol. The van der Waals surface area contributed by atoms with E-state index in [1.165, 1.54) is 7.11 Å². The van der Waals surface area contributed by atoms with Gasteiger partial charge in [-0.1, -0.05) is 46.8 Å². The molecule has 1 fully saturated rings. The quantitative estimate of drug-likeness (QED) is 0.816. The second kappa shape index (κ2) is 6.19. The Morgan fingerprint density at radius 3 is 2.50 bits per heavy atom. The lowest BCUT2D eigenvalue weighted by Gasteiger charge is -2.58. The molecule has 26 heavy (non-hydrogen) atoms. The Labute approximate surface area is 155 Å². The minimum atomic E-state index is -1.10. The summed E-state index contributed by atoms with van der Waals surface area (Å²) in [7, 11) is 1.41. The third kappa shape index (κ3) is 2.53. The summed E-state index contributed by atoms with van der Waals surface area (Å²) in [4.78, 5) is 25.7. The van der Waals surface area contributed by atoms with Gasteiger partial charge in [-0.3, -0.25) is 9.59 Å². The zero-order valence-electron chi connectivity index (χ0n) is 16.6. The third-order valence-corrected chi connectivity index (χ3v) is 6.92. The van der Waals surface area contributed by atoms with Crippen LogP contribution >= 0.6 is 0 Å². The number of aliphatic hydroxyl groups excluding tert-OH is 1. The van der Waals surface area contributed by atoms with Crippen LogP contribution in [0, 0.1) is 17.3 Å². The molecule has 0 amide bonds. The molecule has 0 heterocycles. The predicted molar refractivity (Wildman–Crippen MR) is 100 cm³/mol. The van der Waals surface area contributed by atoms with Crippen LogP contribution in [0.25, 0.3) is 0 Å². The molecule has 0 aromatic heterocycles. The van der Waals surface area contributed by atoms with Crippen LogP contribution in [-0.4, -0.2) is 30.1 Å². The summed E-state index contributed by atoms with van der Waals surface area (Å²) in [5, 5.41) is 11.0. The zero-order valence-corrected chi connectivity index (χ0v) is 16.6. The average molecular weight is 358 g/mol. The molecule has 4 heteroatoms. The van der Waals surface area contributed by atoms with Gasteiger partial charge in [0.05, 0.1) is 13.0 Å². The summed E-state index contributed by atoms with van der Waals surface area (Å²) in [6.07, 6.45) is 0.368. The van der Waals surface area contributed by atoms with Crippen LogP contribution in [0.3, 0.4) is 0 Å². The number of carbonyl (C=O) groups is 2. The Morgan fingerprint density at radius 1 is 1.27 bits per heavy atom. The standard InChI is InChI=1S/C22H30O4/c1-12(2)13-7-8-15-14(11-13)17(23)18(24)19-21(3,4)10-9-16(20(25)26-6)22(15,19)5/h7-8,11-12,16,18-19,24H,9-10H2,1-6H3/t16?,18?,19?,22-/m0/s1. The highest BCUT2D eigenvalue weighted by Crippen LogP contribution is 2.59. The fraction of sp³-hybridized carbons (Fsp3) is 0.636. The van der Waals surface area contributed by atoms with Crippen molar-refractivity contribution in [1.82, 2.24) is 0 Å². The Morgan fingerprint density at radius 2 is 1.92 bits per heavy atom. The van der Waals surface area contributed by atoms with Gasteiger partial charge in [-0.05, 0) is 41.4 Å². The third-order valence-electron chi connectivity index (χ3n) is 6.92. The molecule has 2 aliphatic rings. The second-order valence-electron chi connectivity index (χ2n) is 9.13. The van der Waals surface area contributed by atoms with Gasteiger partial charge >= 0.3 is 5.97 Å². The number of esters is 1. The van der Waals surface area contributed by atoms with Crippen molar-refractivity contribution in [2.45, 2.75) is 64.9 Å². The highest BCUT2D eigenvalue weighted by molar-refractivity contribution is 6.03.